The van der Waals surface area contributed by atoms with Gasteiger partial charge in [-0.1, -0.05) is 31.5 Å². The molecule has 1 unspecified atom stereocenters. The monoisotopic (exact) mass is 292 g/mol. The zero-order chi connectivity index (χ0) is 15.7. The number of hydrogen-bond donors (Lipinski definition) is 2. The number of benzene rings is 1. The van der Waals surface area contributed by atoms with Crippen LogP contribution < -0.4 is 16.0 Å². The lowest BCUT2D eigenvalue weighted by Crippen LogP contribution is -2.47. The average molecular weight is 292 g/mol. The highest BCUT2D eigenvalue weighted by Crippen LogP contribution is 2.20. The summed E-state index contributed by atoms with van der Waals surface area (Å²) in [6.07, 6.45) is 3.07. The number of rotatable bonds is 7. The number of aliphatic imine (C=N–C) groups is 1. The Bertz CT molecular complexity index is 448. The third kappa shape index (κ3) is 5.27. The minimum Gasteiger partial charge on any atom is -0.496 e. The summed E-state index contributed by atoms with van der Waals surface area (Å²) < 4.78 is 5.40. The fourth-order valence-corrected chi connectivity index (χ4v) is 2.14. The molecule has 5 nitrogen and oxygen atoms in total. The Morgan fingerprint density at radius 1 is 1.43 bits per heavy atom. The van der Waals surface area contributed by atoms with Gasteiger partial charge in [0.05, 0.1) is 7.11 Å². The van der Waals surface area contributed by atoms with Gasteiger partial charge >= 0.3 is 0 Å². The molecule has 0 amide bonds. The van der Waals surface area contributed by atoms with Crippen molar-refractivity contribution in [2.45, 2.75) is 39.2 Å². The molecule has 1 rings (SSSR count). The van der Waals surface area contributed by atoms with Gasteiger partial charge in [0, 0.05) is 19.6 Å². The summed E-state index contributed by atoms with van der Waals surface area (Å²) in [5.41, 5.74) is 3.89. The Kier molecular flexibility index (Phi) is 7.61. The second-order valence-electron chi connectivity index (χ2n) is 5.18. The van der Waals surface area contributed by atoms with Crippen LogP contribution in [0.3, 0.4) is 0 Å². The lowest BCUT2D eigenvalue weighted by Gasteiger charge is -2.28. The molecule has 1 aromatic carbocycles. The van der Waals surface area contributed by atoms with Crippen LogP contribution in [0.5, 0.6) is 5.75 Å². The summed E-state index contributed by atoms with van der Waals surface area (Å²) in [7, 11) is 3.71. The molecule has 0 aromatic heterocycles. The van der Waals surface area contributed by atoms with E-state index in [-0.39, 0.29) is 6.04 Å². The predicted molar refractivity (Wildman–Crippen MR) is 88.5 cm³/mol. The number of nitrogens with two attached hydrogens (primary N) is 1. The van der Waals surface area contributed by atoms with Crippen LogP contribution in [0.2, 0.25) is 0 Å². The SMILES string of the molecule is CCCCN=C(NN)N(C)C(C)Cc1ccccc1OC. The van der Waals surface area contributed by atoms with Gasteiger partial charge in [0.15, 0.2) is 0 Å². The van der Waals surface area contributed by atoms with Crippen molar-refractivity contribution in [3.8, 4) is 5.75 Å². The largest absolute Gasteiger partial charge is 0.496 e. The number of methoxy groups -OCH3 is 1. The van der Waals surface area contributed by atoms with Crippen molar-refractivity contribution >= 4 is 5.96 Å². The lowest BCUT2D eigenvalue weighted by molar-refractivity contribution is 0.363. The number of ether oxygens (including phenoxy) is 1. The Hall–Kier alpha value is -1.75. The maximum Gasteiger partial charge on any atom is 0.208 e. The number of para-hydroxylation sites is 1. The highest BCUT2D eigenvalue weighted by Gasteiger charge is 2.15. The standard InChI is InChI=1S/C16H28N4O/c1-5-6-11-18-16(19-17)20(3)13(2)12-14-9-7-8-10-15(14)21-4/h7-10,13H,5-6,11-12,17H2,1-4H3,(H,18,19). The van der Waals surface area contributed by atoms with Crippen molar-refractivity contribution in [3.05, 3.63) is 29.8 Å². The lowest BCUT2D eigenvalue weighted by atomic mass is 10.1. The third-order valence-corrected chi connectivity index (χ3v) is 3.61. The van der Waals surface area contributed by atoms with E-state index in [0.717, 1.165) is 37.5 Å². The predicted octanol–water partition coefficient (Wildman–Crippen LogP) is 2.18. The first-order valence-corrected chi connectivity index (χ1v) is 7.49. The summed E-state index contributed by atoms with van der Waals surface area (Å²) in [6.45, 7) is 5.10. The molecule has 0 aliphatic carbocycles. The van der Waals surface area contributed by atoms with Crippen LogP contribution in [0.25, 0.3) is 0 Å². The minimum absolute atomic E-state index is 0.262. The molecule has 0 aliphatic rings. The molecule has 0 radical (unpaired) electrons. The first-order valence-electron chi connectivity index (χ1n) is 7.49. The molecule has 0 saturated carbocycles. The van der Waals surface area contributed by atoms with Gasteiger partial charge in [0.2, 0.25) is 5.96 Å². The van der Waals surface area contributed by atoms with Crippen LogP contribution in [0.4, 0.5) is 0 Å². The maximum absolute atomic E-state index is 5.60. The van der Waals surface area contributed by atoms with Crippen LogP contribution in [0.1, 0.15) is 32.3 Å². The van der Waals surface area contributed by atoms with Gasteiger partial charge in [0.1, 0.15) is 5.75 Å². The summed E-state index contributed by atoms with van der Waals surface area (Å²) in [5.74, 6) is 7.24. The third-order valence-electron chi connectivity index (χ3n) is 3.61. The maximum atomic E-state index is 5.60. The number of hydrogen-bond acceptors (Lipinski definition) is 3. The first-order chi connectivity index (χ1) is 10.1. The number of hydrazine groups is 1. The summed E-state index contributed by atoms with van der Waals surface area (Å²) >= 11 is 0. The van der Waals surface area contributed by atoms with Gasteiger partial charge in [-0.25, -0.2) is 5.84 Å². The molecule has 1 atom stereocenters. The molecule has 1 aromatic rings. The molecular formula is C16H28N4O. The molecule has 21 heavy (non-hydrogen) atoms. The quantitative estimate of drug-likeness (QED) is 0.266. The van der Waals surface area contributed by atoms with Crippen LogP contribution in [-0.4, -0.2) is 37.6 Å². The van der Waals surface area contributed by atoms with Crippen LogP contribution >= 0.6 is 0 Å². The number of nitrogens with one attached hydrogen (secondary N) is 1. The Labute approximate surface area is 128 Å². The van der Waals surface area contributed by atoms with Gasteiger partial charge in [-0.05, 0) is 31.4 Å². The van der Waals surface area contributed by atoms with Crippen molar-refractivity contribution in [3.63, 3.8) is 0 Å². The van der Waals surface area contributed by atoms with Crippen molar-refractivity contribution in [1.29, 1.82) is 0 Å². The molecule has 118 valence electrons. The summed E-state index contributed by atoms with van der Waals surface area (Å²) in [4.78, 5) is 6.58. The first kappa shape index (κ1) is 17.3. The van der Waals surface area contributed by atoms with Crippen molar-refractivity contribution < 1.29 is 4.74 Å². The second-order valence-corrected chi connectivity index (χ2v) is 5.18. The van der Waals surface area contributed by atoms with Crippen molar-refractivity contribution in [1.82, 2.24) is 10.3 Å². The highest BCUT2D eigenvalue weighted by molar-refractivity contribution is 5.79. The van der Waals surface area contributed by atoms with Gasteiger partial charge in [-0.2, -0.15) is 0 Å². The van der Waals surface area contributed by atoms with Gasteiger partial charge in [0.25, 0.3) is 0 Å². The molecule has 0 fully saturated rings. The van der Waals surface area contributed by atoms with E-state index in [4.69, 9.17) is 10.6 Å². The van der Waals surface area contributed by atoms with Crippen molar-refractivity contribution in [2.24, 2.45) is 10.8 Å². The Balaban J connectivity index is 2.72. The normalized spacial score (nSPS) is 12.9. The van der Waals surface area contributed by atoms with Crippen molar-refractivity contribution in [2.75, 3.05) is 20.7 Å². The summed E-state index contributed by atoms with van der Waals surface area (Å²) in [5, 5.41) is 0. The highest BCUT2D eigenvalue weighted by atomic mass is 16.5. The molecule has 0 saturated heterocycles. The number of unbranched alkanes of at least 4 members (excludes halogenated alkanes) is 1. The van der Waals surface area contributed by atoms with Crippen LogP contribution in [0, 0.1) is 0 Å². The van der Waals surface area contributed by atoms with E-state index in [1.807, 2.05) is 25.2 Å². The zero-order valence-corrected chi connectivity index (χ0v) is 13.6. The van der Waals surface area contributed by atoms with E-state index in [1.54, 1.807) is 7.11 Å². The smallest absolute Gasteiger partial charge is 0.208 e. The van der Waals surface area contributed by atoms with E-state index in [9.17, 15) is 0 Å². The van der Waals surface area contributed by atoms with E-state index >= 15 is 0 Å². The van der Waals surface area contributed by atoms with E-state index in [2.05, 4.69) is 35.2 Å². The van der Waals surface area contributed by atoms with E-state index in [0.29, 0.717) is 0 Å². The average Bonchev–Trinajstić information content (AvgIpc) is 2.51. The van der Waals surface area contributed by atoms with E-state index < -0.39 is 0 Å². The molecule has 0 heterocycles. The Morgan fingerprint density at radius 2 is 2.14 bits per heavy atom. The fourth-order valence-electron chi connectivity index (χ4n) is 2.14. The molecular weight excluding hydrogens is 264 g/mol. The molecule has 0 bridgehead atoms. The minimum atomic E-state index is 0.262. The van der Waals surface area contributed by atoms with E-state index in [1.165, 1.54) is 5.56 Å². The van der Waals surface area contributed by atoms with Gasteiger partial charge < -0.3 is 9.64 Å². The summed E-state index contributed by atoms with van der Waals surface area (Å²) in [6, 6.07) is 8.35. The Morgan fingerprint density at radius 3 is 2.76 bits per heavy atom. The number of nitrogens with zero attached hydrogens (tertiary/aromatic N) is 2. The number of likely N-dealkylation sites (N-methyl/N-ethyl adjacent to an activating group) is 1. The molecule has 0 spiro atoms. The topological polar surface area (TPSA) is 62.9 Å². The number of guanidine groups is 1. The van der Waals surface area contributed by atoms with Gasteiger partial charge in [-0.3, -0.25) is 10.4 Å². The van der Waals surface area contributed by atoms with Crippen LogP contribution in [0.15, 0.2) is 29.3 Å². The van der Waals surface area contributed by atoms with Gasteiger partial charge in [-0.15, -0.1) is 0 Å². The zero-order valence-electron chi connectivity index (χ0n) is 13.6. The molecule has 0 aliphatic heterocycles. The van der Waals surface area contributed by atoms with Crippen LogP contribution in [-0.2, 0) is 6.42 Å². The fraction of sp³-hybridized carbons (Fsp3) is 0.562. The molecule has 5 heteroatoms. The molecule has 3 N–H and O–H groups in total. The second kappa shape index (κ2) is 9.23.